The SMILES string of the molecule is NC1CCCN(c2ccc(-c3nc4nccc(C(=O)NC5CCCNC5)c4[nH]3)s2)C1. The van der Waals surface area contributed by atoms with E-state index in [9.17, 15) is 4.79 Å². The Bertz CT molecular complexity index is 1040. The van der Waals surface area contributed by atoms with E-state index in [2.05, 4.69) is 42.6 Å². The Morgan fingerprint density at radius 1 is 1.27 bits per heavy atom. The molecule has 2 fully saturated rings. The number of amides is 1. The third-order valence-electron chi connectivity index (χ3n) is 5.86. The van der Waals surface area contributed by atoms with Gasteiger partial charge in [0.2, 0.25) is 0 Å². The maximum Gasteiger partial charge on any atom is 0.253 e. The van der Waals surface area contributed by atoms with Crippen LogP contribution in [0.2, 0.25) is 0 Å². The van der Waals surface area contributed by atoms with E-state index in [4.69, 9.17) is 5.73 Å². The van der Waals surface area contributed by atoms with Crippen LogP contribution in [0.4, 0.5) is 5.00 Å². The third kappa shape index (κ3) is 3.92. The minimum Gasteiger partial charge on any atom is -0.362 e. The molecule has 158 valence electrons. The normalized spacial score (nSPS) is 22.4. The van der Waals surface area contributed by atoms with Crippen molar-refractivity contribution in [3.63, 3.8) is 0 Å². The molecule has 8 nitrogen and oxygen atoms in total. The Labute approximate surface area is 179 Å². The fourth-order valence-corrected chi connectivity index (χ4v) is 5.28. The number of aromatic nitrogens is 3. The maximum atomic E-state index is 12.9. The Balaban J connectivity index is 1.39. The topological polar surface area (TPSA) is 112 Å². The number of nitrogens with two attached hydrogens (primary N) is 1. The minimum atomic E-state index is -0.0829. The number of thiophene rings is 1. The second-order valence-electron chi connectivity index (χ2n) is 8.15. The van der Waals surface area contributed by atoms with Gasteiger partial charge in [0.1, 0.15) is 0 Å². The van der Waals surface area contributed by atoms with E-state index in [0.717, 1.165) is 62.6 Å². The first-order valence-corrected chi connectivity index (χ1v) is 11.5. The lowest BCUT2D eigenvalue weighted by molar-refractivity contribution is 0.0932. The van der Waals surface area contributed by atoms with Gasteiger partial charge >= 0.3 is 0 Å². The summed E-state index contributed by atoms with van der Waals surface area (Å²) in [5.41, 5.74) is 7.97. The number of anilines is 1. The number of rotatable bonds is 4. The van der Waals surface area contributed by atoms with Crippen LogP contribution in [-0.4, -0.2) is 59.1 Å². The first kappa shape index (κ1) is 19.5. The van der Waals surface area contributed by atoms with E-state index in [1.54, 1.807) is 23.6 Å². The van der Waals surface area contributed by atoms with Crippen molar-refractivity contribution in [2.75, 3.05) is 31.1 Å². The summed E-state index contributed by atoms with van der Waals surface area (Å²) in [6.07, 6.45) is 5.94. The molecule has 30 heavy (non-hydrogen) atoms. The number of hydrogen-bond donors (Lipinski definition) is 4. The first-order valence-electron chi connectivity index (χ1n) is 10.6. The van der Waals surface area contributed by atoms with Crippen molar-refractivity contribution in [1.82, 2.24) is 25.6 Å². The van der Waals surface area contributed by atoms with Crippen molar-refractivity contribution in [1.29, 1.82) is 0 Å². The van der Waals surface area contributed by atoms with E-state index in [0.29, 0.717) is 16.7 Å². The van der Waals surface area contributed by atoms with Crippen LogP contribution < -0.4 is 21.3 Å². The minimum absolute atomic E-state index is 0.0829. The van der Waals surface area contributed by atoms with Gasteiger partial charge in [-0.15, -0.1) is 11.3 Å². The number of hydrogen-bond acceptors (Lipinski definition) is 7. The average Bonchev–Trinajstić information content (AvgIpc) is 3.41. The second kappa shape index (κ2) is 8.33. The predicted octanol–water partition coefficient (Wildman–Crippen LogP) is 2.10. The molecule has 5 heterocycles. The summed E-state index contributed by atoms with van der Waals surface area (Å²) >= 11 is 1.69. The fourth-order valence-electron chi connectivity index (χ4n) is 4.29. The molecule has 0 spiro atoms. The van der Waals surface area contributed by atoms with Crippen LogP contribution in [0.3, 0.4) is 0 Å². The van der Waals surface area contributed by atoms with Gasteiger partial charge in [0.15, 0.2) is 11.5 Å². The molecule has 0 aromatic carbocycles. The second-order valence-corrected chi connectivity index (χ2v) is 9.21. The van der Waals surface area contributed by atoms with Gasteiger partial charge in [-0.3, -0.25) is 4.79 Å². The van der Waals surface area contributed by atoms with Gasteiger partial charge in [-0.1, -0.05) is 0 Å². The van der Waals surface area contributed by atoms with Gasteiger partial charge in [-0.25, -0.2) is 9.97 Å². The van der Waals surface area contributed by atoms with Gasteiger partial charge in [0.05, 0.1) is 21.0 Å². The van der Waals surface area contributed by atoms with Crippen LogP contribution >= 0.6 is 11.3 Å². The van der Waals surface area contributed by atoms with Crippen molar-refractivity contribution >= 4 is 33.4 Å². The monoisotopic (exact) mass is 425 g/mol. The molecule has 5 N–H and O–H groups in total. The van der Waals surface area contributed by atoms with Crippen molar-refractivity contribution in [3.05, 3.63) is 30.0 Å². The summed E-state index contributed by atoms with van der Waals surface area (Å²) in [6.45, 7) is 3.76. The molecule has 0 bridgehead atoms. The molecular weight excluding hydrogens is 398 g/mol. The number of carbonyl (C=O) groups is 1. The molecule has 2 atom stereocenters. The van der Waals surface area contributed by atoms with Gasteiger partial charge in [0, 0.05) is 37.9 Å². The molecule has 9 heteroatoms. The van der Waals surface area contributed by atoms with E-state index < -0.39 is 0 Å². The molecule has 0 radical (unpaired) electrons. The van der Waals surface area contributed by atoms with E-state index in [1.165, 1.54) is 5.00 Å². The number of aromatic amines is 1. The fraction of sp³-hybridized carbons (Fsp3) is 0.476. The number of piperidine rings is 2. The lowest BCUT2D eigenvalue weighted by atomic mass is 10.1. The lowest BCUT2D eigenvalue weighted by Gasteiger charge is -2.31. The molecule has 2 aliphatic heterocycles. The zero-order valence-electron chi connectivity index (χ0n) is 16.9. The smallest absolute Gasteiger partial charge is 0.253 e. The number of carbonyl (C=O) groups excluding carboxylic acids is 1. The molecule has 5 rings (SSSR count). The number of pyridine rings is 1. The highest BCUT2D eigenvalue weighted by molar-refractivity contribution is 7.19. The summed E-state index contributed by atoms with van der Waals surface area (Å²) in [4.78, 5) is 28.6. The Morgan fingerprint density at radius 3 is 3.03 bits per heavy atom. The highest BCUT2D eigenvalue weighted by atomic mass is 32.1. The van der Waals surface area contributed by atoms with Crippen LogP contribution in [0, 0.1) is 0 Å². The van der Waals surface area contributed by atoms with Crippen molar-refractivity contribution in [2.24, 2.45) is 5.73 Å². The number of H-pyrrole nitrogens is 1. The molecule has 2 aliphatic rings. The summed E-state index contributed by atoms with van der Waals surface area (Å²) < 4.78 is 0. The highest BCUT2D eigenvalue weighted by Crippen LogP contribution is 2.34. The van der Waals surface area contributed by atoms with E-state index >= 15 is 0 Å². The molecular formula is C21H27N7OS. The number of nitrogens with one attached hydrogen (secondary N) is 3. The number of nitrogens with zero attached hydrogens (tertiary/aromatic N) is 3. The Hall–Kier alpha value is -2.49. The molecule has 3 aromatic rings. The van der Waals surface area contributed by atoms with E-state index in [-0.39, 0.29) is 18.0 Å². The summed E-state index contributed by atoms with van der Waals surface area (Å²) in [5, 5.41) is 7.67. The van der Waals surface area contributed by atoms with Gasteiger partial charge < -0.3 is 26.3 Å². The van der Waals surface area contributed by atoms with Crippen LogP contribution in [0.5, 0.6) is 0 Å². The zero-order chi connectivity index (χ0) is 20.5. The predicted molar refractivity (Wildman–Crippen MR) is 120 cm³/mol. The average molecular weight is 426 g/mol. The van der Waals surface area contributed by atoms with E-state index in [1.807, 2.05) is 0 Å². The van der Waals surface area contributed by atoms with Gasteiger partial charge in [-0.2, -0.15) is 0 Å². The highest BCUT2D eigenvalue weighted by Gasteiger charge is 2.22. The molecule has 2 saturated heterocycles. The van der Waals surface area contributed by atoms with Crippen molar-refractivity contribution in [2.45, 2.75) is 37.8 Å². The van der Waals surface area contributed by atoms with Crippen LogP contribution in [-0.2, 0) is 0 Å². The molecule has 3 aromatic heterocycles. The third-order valence-corrected chi connectivity index (χ3v) is 7.02. The summed E-state index contributed by atoms with van der Waals surface area (Å²) in [6, 6.07) is 6.35. The van der Waals surface area contributed by atoms with Crippen LogP contribution in [0.25, 0.3) is 21.9 Å². The van der Waals surface area contributed by atoms with Gasteiger partial charge in [-0.05, 0) is 50.4 Å². The first-order chi connectivity index (χ1) is 14.7. The number of imidazole rings is 1. The van der Waals surface area contributed by atoms with Crippen LogP contribution in [0.15, 0.2) is 24.4 Å². The number of fused-ring (bicyclic) bond motifs is 1. The quantitative estimate of drug-likeness (QED) is 0.509. The maximum absolute atomic E-state index is 12.9. The largest absolute Gasteiger partial charge is 0.362 e. The lowest BCUT2D eigenvalue weighted by Crippen LogP contribution is -2.45. The molecule has 2 unspecified atom stereocenters. The molecule has 0 saturated carbocycles. The summed E-state index contributed by atoms with van der Waals surface area (Å²) in [5.74, 6) is 0.662. The molecule has 0 aliphatic carbocycles. The standard InChI is InChI=1S/C21H27N7OS/c22-13-3-2-10-28(12-13)17-6-5-16(30-17)19-26-18-15(7-9-24-20(18)27-19)21(29)25-14-4-1-8-23-11-14/h5-7,9,13-14,23H,1-4,8,10-12,22H2,(H,25,29)(H,24,26,27). The molecule has 1 amide bonds. The summed E-state index contributed by atoms with van der Waals surface area (Å²) in [7, 11) is 0. The van der Waals surface area contributed by atoms with Gasteiger partial charge in [0.25, 0.3) is 5.91 Å². The van der Waals surface area contributed by atoms with Crippen molar-refractivity contribution in [3.8, 4) is 10.7 Å². The Kier molecular flexibility index (Phi) is 5.41. The zero-order valence-corrected chi connectivity index (χ0v) is 17.7. The van der Waals surface area contributed by atoms with Crippen LogP contribution in [0.1, 0.15) is 36.0 Å². The Morgan fingerprint density at radius 2 is 2.20 bits per heavy atom. The van der Waals surface area contributed by atoms with Crippen molar-refractivity contribution < 1.29 is 4.79 Å².